The predicted molar refractivity (Wildman–Crippen MR) is 307 cm³/mol. The highest BCUT2D eigenvalue weighted by molar-refractivity contribution is 6.31. The van der Waals surface area contributed by atoms with Gasteiger partial charge >= 0.3 is 0 Å². The van der Waals surface area contributed by atoms with E-state index < -0.39 is 0 Å². The van der Waals surface area contributed by atoms with Gasteiger partial charge in [0.2, 0.25) is 0 Å². The van der Waals surface area contributed by atoms with E-state index in [0.717, 1.165) is 110 Å². The van der Waals surface area contributed by atoms with Crippen molar-refractivity contribution in [2.45, 2.75) is 0 Å². The molecule has 4 heterocycles. The van der Waals surface area contributed by atoms with E-state index >= 15 is 0 Å². The van der Waals surface area contributed by atoms with Gasteiger partial charge in [-0.3, -0.25) is 9.97 Å². The second-order valence-electron chi connectivity index (χ2n) is 18.7. The Kier molecular flexibility index (Phi) is 11.0. The summed E-state index contributed by atoms with van der Waals surface area (Å²) in [6.45, 7) is 0. The van der Waals surface area contributed by atoms with E-state index in [1.54, 1.807) is 12.4 Å². The van der Waals surface area contributed by atoms with Crippen LogP contribution in [0.15, 0.2) is 255 Å². The second-order valence-corrected chi connectivity index (χ2v) is 18.7. The average Bonchev–Trinajstić information content (AvgIpc) is 3.65. The maximum absolute atomic E-state index is 5.38. The lowest BCUT2D eigenvalue weighted by molar-refractivity contribution is 1.08. The van der Waals surface area contributed by atoms with Crippen LogP contribution < -0.4 is 0 Å². The second kappa shape index (κ2) is 18.9. The van der Waals surface area contributed by atoms with E-state index in [0.29, 0.717) is 34.9 Å². The molecular formula is C68H42N8. The van der Waals surface area contributed by atoms with Crippen LogP contribution >= 0.6 is 0 Å². The normalized spacial score (nSPS) is 11.4. The first-order chi connectivity index (χ1) is 37.7. The highest BCUT2D eigenvalue weighted by atomic mass is 15.0. The molecular weight excluding hydrogens is 929 g/mol. The summed E-state index contributed by atoms with van der Waals surface area (Å²) >= 11 is 0. The average molecular weight is 971 g/mol. The van der Waals surface area contributed by atoms with Crippen molar-refractivity contribution in [1.29, 1.82) is 0 Å². The lowest BCUT2D eigenvalue weighted by atomic mass is 9.83. The maximum atomic E-state index is 5.38. The summed E-state index contributed by atoms with van der Waals surface area (Å²) in [4.78, 5) is 40.5. The predicted octanol–water partition coefficient (Wildman–Crippen LogP) is 16.4. The summed E-state index contributed by atoms with van der Waals surface area (Å²) in [7, 11) is 0. The Hall–Kier alpha value is -10.4. The quantitative estimate of drug-likeness (QED) is 0.125. The van der Waals surface area contributed by atoms with E-state index in [-0.39, 0.29) is 0 Å². The number of aromatic nitrogens is 8. The minimum absolute atomic E-state index is 0.572. The Labute approximate surface area is 438 Å². The molecule has 14 rings (SSSR count). The first kappa shape index (κ1) is 44.3. The molecule has 0 radical (unpaired) electrons. The van der Waals surface area contributed by atoms with Crippen molar-refractivity contribution in [2.75, 3.05) is 0 Å². The summed E-state index contributed by atoms with van der Waals surface area (Å²) < 4.78 is 0. The van der Waals surface area contributed by atoms with Gasteiger partial charge in [0.25, 0.3) is 0 Å². The molecule has 0 aliphatic carbocycles. The molecule has 354 valence electrons. The molecule has 4 aromatic heterocycles. The van der Waals surface area contributed by atoms with Gasteiger partial charge in [0.05, 0.1) is 0 Å². The van der Waals surface area contributed by atoms with Crippen LogP contribution in [0.1, 0.15) is 0 Å². The summed E-state index contributed by atoms with van der Waals surface area (Å²) in [6, 6.07) is 79.8. The maximum Gasteiger partial charge on any atom is 0.164 e. The summed E-state index contributed by atoms with van der Waals surface area (Å²) in [6.07, 6.45) is 7.33. The van der Waals surface area contributed by atoms with Gasteiger partial charge in [-0.15, -0.1) is 0 Å². The van der Waals surface area contributed by atoms with Crippen LogP contribution in [-0.4, -0.2) is 39.9 Å². The topological polar surface area (TPSA) is 103 Å². The third-order valence-corrected chi connectivity index (χ3v) is 14.2. The fraction of sp³-hybridized carbons (Fsp3) is 0. The van der Waals surface area contributed by atoms with Gasteiger partial charge in [-0.2, -0.15) is 0 Å². The molecule has 8 heteroatoms. The fourth-order valence-electron chi connectivity index (χ4n) is 10.5. The highest BCUT2D eigenvalue weighted by Gasteiger charge is 2.24. The number of rotatable bonds is 10. The van der Waals surface area contributed by atoms with Crippen LogP contribution in [0.3, 0.4) is 0 Å². The number of benzene rings is 10. The molecule has 0 aliphatic heterocycles. The molecule has 0 aliphatic rings. The number of hydrogen-bond donors (Lipinski definition) is 0. The minimum atomic E-state index is 0.572. The van der Waals surface area contributed by atoms with Crippen molar-refractivity contribution in [3.63, 3.8) is 0 Å². The Morgan fingerprint density at radius 3 is 0.803 bits per heavy atom. The van der Waals surface area contributed by atoms with Crippen LogP contribution in [-0.2, 0) is 0 Å². The van der Waals surface area contributed by atoms with Gasteiger partial charge in [0.15, 0.2) is 34.9 Å². The van der Waals surface area contributed by atoms with Gasteiger partial charge in [0.1, 0.15) is 0 Å². The molecule has 0 atom stereocenters. The number of hydrogen-bond acceptors (Lipinski definition) is 8. The van der Waals surface area contributed by atoms with Crippen molar-refractivity contribution in [2.24, 2.45) is 0 Å². The van der Waals surface area contributed by atoms with Crippen LogP contribution in [0.5, 0.6) is 0 Å². The molecule has 0 unspecified atom stereocenters. The molecule has 76 heavy (non-hydrogen) atoms. The standard InChI is InChI=1S/C68H42N8/c1-5-15-45(16-6-1)57-39-59(67-73-63(47-19-9-3-10-20-47)71-65(75-67)49-29-25-43(26-30-49)51-23-13-37-69-41-51)55-36-34-54-58(46-17-7-2-8-18-46)40-60(56-35-33-53(57)61(55)62(54)56)68-74-64(48-21-11-4-12-22-48)72-66(76-68)50-31-27-44(28-32-50)52-24-14-38-70-42-52/h1-42H. The molecule has 0 amide bonds. The van der Waals surface area contributed by atoms with Crippen molar-refractivity contribution in [3.05, 3.63) is 255 Å². The zero-order valence-electron chi connectivity index (χ0n) is 40.8. The summed E-state index contributed by atoms with van der Waals surface area (Å²) in [5.41, 5.74) is 13.8. The Balaban J connectivity index is 1.04. The number of pyridine rings is 2. The van der Waals surface area contributed by atoms with E-state index in [2.05, 4.69) is 168 Å². The molecule has 0 saturated carbocycles. The molecule has 8 nitrogen and oxygen atoms in total. The lowest BCUT2D eigenvalue weighted by Crippen LogP contribution is -2.02. The van der Waals surface area contributed by atoms with Gasteiger partial charge in [-0.25, -0.2) is 29.9 Å². The molecule has 0 fully saturated rings. The summed E-state index contributed by atoms with van der Waals surface area (Å²) in [5, 5.41) is 6.44. The molecule has 10 aromatic carbocycles. The molecule has 0 N–H and O–H groups in total. The number of nitrogens with zero attached hydrogens (tertiary/aromatic N) is 8. The molecule has 14 aromatic rings. The van der Waals surface area contributed by atoms with Crippen LogP contribution in [0.25, 0.3) is 145 Å². The Morgan fingerprint density at radius 2 is 0.474 bits per heavy atom. The molecule has 0 saturated heterocycles. The van der Waals surface area contributed by atoms with Crippen LogP contribution in [0, 0.1) is 0 Å². The van der Waals surface area contributed by atoms with Gasteiger partial charge in [-0.1, -0.05) is 206 Å². The smallest absolute Gasteiger partial charge is 0.164 e. The SMILES string of the molecule is c1ccc(-c2nc(-c3ccc(-c4cccnc4)cc3)nc(-c3cc(-c4ccccc4)c4ccc5c(-c6nc(-c7ccccc7)nc(-c7ccc(-c8cccnc8)cc7)n6)cc(-c6ccccc6)c6ccc3c4c65)n2)cc1. The zero-order valence-corrected chi connectivity index (χ0v) is 40.8. The third-order valence-electron chi connectivity index (χ3n) is 14.2. The van der Waals surface area contributed by atoms with Crippen molar-refractivity contribution < 1.29 is 0 Å². The van der Waals surface area contributed by atoms with E-state index in [1.807, 2.05) is 85.2 Å². The zero-order chi connectivity index (χ0) is 50.4. The van der Waals surface area contributed by atoms with E-state index in [4.69, 9.17) is 29.9 Å². The van der Waals surface area contributed by atoms with Gasteiger partial charge < -0.3 is 0 Å². The monoisotopic (exact) mass is 970 g/mol. The van der Waals surface area contributed by atoms with Crippen molar-refractivity contribution in [1.82, 2.24) is 39.9 Å². The fourth-order valence-corrected chi connectivity index (χ4v) is 10.5. The van der Waals surface area contributed by atoms with Crippen molar-refractivity contribution >= 4 is 32.3 Å². The van der Waals surface area contributed by atoms with Gasteiger partial charge in [0, 0.05) is 58.2 Å². The van der Waals surface area contributed by atoms with E-state index in [1.165, 1.54) is 0 Å². The highest BCUT2D eigenvalue weighted by Crippen LogP contribution is 2.48. The minimum Gasteiger partial charge on any atom is -0.264 e. The third kappa shape index (κ3) is 8.07. The summed E-state index contributed by atoms with van der Waals surface area (Å²) in [5.74, 6) is 3.47. The lowest BCUT2D eigenvalue weighted by Gasteiger charge is -2.21. The first-order valence-electron chi connectivity index (χ1n) is 25.2. The van der Waals surface area contributed by atoms with Gasteiger partial charge in [-0.05, 0) is 101 Å². The van der Waals surface area contributed by atoms with Crippen LogP contribution in [0.4, 0.5) is 0 Å². The molecule has 0 spiro atoms. The largest absolute Gasteiger partial charge is 0.264 e. The van der Waals surface area contributed by atoms with Crippen molar-refractivity contribution in [3.8, 4) is 113 Å². The van der Waals surface area contributed by atoms with E-state index in [9.17, 15) is 0 Å². The van der Waals surface area contributed by atoms with Crippen LogP contribution in [0.2, 0.25) is 0 Å². The Morgan fingerprint density at radius 1 is 0.197 bits per heavy atom. The first-order valence-corrected chi connectivity index (χ1v) is 25.2. The Bertz CT molecular complexity index is 4100. The molecule has 0 bridgehead atoms.